The van der Waals surface area contributed by atoms with Crippen molar-refractivity contribution >= 4 is 6.03 Å². The predicted octanol–water partition coefficient (Wildman–Crippen LogP) is 3.11. The molecule has 0 aromatic heterocycles. The molecule has 0 radical (unpaired) electrons. The maximum Gasteiger partial charge on any atom is 0.315 e. The Morgan fingerprint density at radius 1 is 1.29 bits per heavy atom. The number of amides is 2. The van der Waals surface area contributed by atoms with Crippen LogP contribution < -0.4 is 10.6 Å². The molecular weight excluding hydrogens is 264 g/mol. The average Bonchev–Trinajstić information content (AvgIpc) is 2.94. The average molecular weight is 290 g/mol. The van der Waals surface area contributed by atoms with Gasteiger partial charge in [0.15, 0.2) is 0 Å². The van der Waals surface area contributed by atoms with Gasteiger partial charge < -0.3 is 15.4 Å². The van der Waals surface area contributed by atoms with Gasteiger partial charge in [-0.25, -0.2) is 4.79 Å². The van der Waals surface area contributed by atoms with Gasteiger partial charge in [0, 0.05) is 25.1 Å². The minimum absolute atomic E-state index is 0.0880. The highest BCUT2D eigenvalue weighted by molar-refractivity contribution is 5.74. The van der Waals surface area contributed by atoms with Crippen molar-refractivity contribution in [3.63, 3.8) is 0 Å². The number of urea groups is 1. The number of carbonyl (C=O) groups excluding carboxylic acids is 1. The van der Waals surface area contributed by atoms with Gasteiger partial charge in [-0.2, -0.15) is 0 Å². The second-order valence-electron chi connectivity index (χ2n) is 6.14. The Hall–Kier alpha value is -1.55. The summed E-state index contributed by atoms with van der Waals surface area (Å²) in [6, 6.07) is 10.3. The van der Waals surface area contributed by atoms with Crippen molar-refractivity contribution in [2.45, 2.75) is 39.3 Å². The number of hydrogen-bond acceptors (Lipinski definition) is 2. The molecule has 1 aromatic rings. The summed E-state index contributed by atoms with van der Waals surface area (Å²) in [7, 11) is 0. The van der Waals surface area contributed by atoms with Crippen LogP contribution in [0.4, 0.5) is 4.79 Å². The van der Waals surface area contributed by atoms with E-state index < -0.39 is 0 Å². The van der Waals surface area contributed by atoms with E-state index in [0.29, 0.717) is 18.4 Å². The number of carbonyl (C=O) groups is 1. The fourth-order valence-corrected chi connectivity index (χ4v) is 2.50. The van der Waals surface area contributed by atoms with Crippen LogP contribution in [-0.2, 0) is 4.74 Å². The summed E-state index contributed by atoms with van der Waals surface area (Å²) in [5.41, 5.74) is 1.19. The Kier molecular flexibility index (Phi) is 5.62. The van der Waals surface area contributed by atoms with E-state index in [4.69, 9.17) is 4.74 Å². The molecule has 0 aliphatic carbocycles. The molecule has 1 aliphatic rings. The van der Waals surface area contributed by atoms with Crippen LogP contribution in [0, 0.1) is 11.8 Å². The van der Waals surface area contributed by atoms with Crippen LogP contribution in [0.5, 0.6) is 0 Å². The quantitative estimate of drug-likeness (QED) is 0.875. The van der Waals surface area contributed by atoms with Crippen LogP contribution in [0.1, 0.15) is 38.9 Å². The maximum atomic E-state index is 11.9. The summed E-state index contributed by atoms with van der Waals surface area (Å²) in [6.07, 6.45) is 1.08. The van der Waals surface area contributed by atoms with E-state index in [1.807, 2.05) is 25.1 Å². The molecule has 21 heavy (non-hydrogen) atoms. The highest BCUT2D eigenvalue weighted by Crippen LogP contribution is 2.33. The zero-order chi connectivity index (χ0) is 15.2. The molecule has 3 atom stereocenters. The number of rotatable bonds is 5. The third kappa shape index (κ3) is 4.46. The highest BCUT2D eigenvalue weighted by atomic mass is 16.5. The highest BCUT2D eigenvalue weighted by Gasteiger charge is 2.29. The molecule has 1 aliphatic heterocycles. The monoisotopic (exact) mass is 290 g/mol. The zero-order valence-electron chi connectivity index (χ0n) is 13.1. The Labute approximate surface area is 127 Å². The lowest BCUT2D eigenvalue weighted by Crippen LogP contribution is -2.44. The number of hydrogen-bond donors (Lipinski definition) is 2. The maximum absolute atomic E-state index is 11.9. The second-order valence-corrected chi connectivity index (χ2v) is 6.14. The summed E-state index contributed by atoms with van der Waals surface area (Å²) < 4.78 is 5.83. The summed E-state index contributed by atoms with van der Waals surface area (Å²) in [4.78, 5) is 11.9. The van der Waals surface area contributed by atoms with E-state index >= 15 is 0 Å². The zero-order valence-corrected chi connectivity index (χ0v) is 13.1. The van der Waals surface area contributed by atoms with E-state index in [1.54, 1.807) is 0 Å². The van der Waals surface area contributed by atoms with Gasteiger partial charge in [-0.15, -0.1) is 0 Å². The molecule has 1 unspecified atom stereocenters. The van der Waals surface area contributed by atoms with E-state index in [0.717, 1.165) is 13.0 Å². The predicted molar refractivity (Wildman–Crippen MR) is 84.1 cm³/mol. The number of benzene rings is 1. The fourth-order valence-electron chi connectivity index (χ4n) is 2.50. The van der Waals surface area contributed by atoms with E-state index in [-0.39, 0.29) is 18.2 Å². The van der Waals surface area contributed by atoms with Gasteiger partial charge in [-0.1, -0.05) is 44.2 Å². The van der Waals surface area contributed by atoms with Crippen LogP contribution >= 0.6 is 0 Å². The van der Waals surface area contributed by atoms with E-state index in [1.165, 1.54) is 5.56 Å². The lowest BCUT2D eigenvalue weighted by molar-refractivity contribution is 0.0909. The van der Waals surface area contributed by atoms with Crippen molar-refractivity contribution in [1.29, 1.82) is 0 Å². The minimum Gasteiger partial charge on any atom is -0.373 e. The molecule has 1 heterocycles. The first-order valence-corrected chi connectivity index (χ1v) is 7.79. The van der Waals surface area contributed by atoms with Crippen molar-refractivity contribution in [2.24, 2.45) is 11.8 Å². The molecule has 2 amide bonds. The van der Waals surface area contributed by atoms with Crippen molar-refractivity contribution in [2.75, 3.05) is 13.2 Å². The molecule has 1 saturated heterocycles. The van der Waals surface area contributed by atoms with Crippen molar-refractivity contribution in [3.8, 4) is 0 Å². The third-order valence-corrected chi connectivity index (χ3v) is 4.23. The first-order valence-electron chi connectivity index (χ1n) is 7.79. The molecule has 0 bridgehead atoms. The van der Waals surface area contributed by atoms with Crippen molar-refractivity contribution < 1.29 is 9.53 Å². The van der Waals surface area contributed by atoms with Crippen LogP contribution in [0.25, 0.3) is 0 Å². The molecule has 1 fully saturated rings. The van der Waals surface area contributed by atoms with Crippen LogP contribution in [0.2, 0.25) is 0 Å². The molecule has 0 saturated carbocycles. The second kappa shape index (κ2) is 7.46. The molecule has 4 heteroatoms. The van der Waals surface area contributed by atoms with E-state index in [2.05, 4.69) is 36.6 Å². The SMILES string of the molecule is CC(C)C(C)NC(=O)NC[C@H]1CCO[C@@H]1c1ccccc1. The Balaban J connectivity index is 1.84. The third-order valence-electron chi connectivity index (χ3n) is 4.23. The van der Waals surface area contributed by atoms with Gasteiger partial charge in [0.05, 0.1) is 6.10 Å². The number of nitrogens with one attached hydrogen (secondary N) is 2. The van der Waals surface area contributed by atoms with Crippen molar-refractivity contribution in [3.05, 3.63) is 35.9 Å². The summed E-state index contributed by atoms with van der Waals surface area (Å²) in [5, 5.41) is 5.95. The molecular formula is C17H26N2O2. The van der Waals surface area contributed by atoms with Gasteiger partial charge >= 0.3 is 6.03 Å². The Morgan fingerprint density at radius 3 is 2.67 bits per heavy atom. The first kappa shape index (κ1) is 15.8. The standard InChI is InChI=1S/C17H26N2O2/c1-12(2)13(3)19-17(20)18-11-15-9-10-21-16(15)14-7-5-4-6-8-14/h4-8,12-13,15-16H,9-11H2,1-3H3,(H2,18,19,20)/t13?,15-,16-/m1/s1. The molecule has 4 nitrogen and oxygen atoms in total. The topological polar surface area (TPSA) is 50.4 Å². The van der Waals surface area contributed by atoms with Gasteiger partial charge in [0.1, 0.15) is 0 Å². The molecule has 1 aromatic carbocycles. The first-order chi connectivity index (χ1) is 10.1. The fraction of sp³-hybridized carbons (Fsp3) is 0.588. The molecule has 116 valence electrons. The minimum atomic E-state index is -0.0880. The van der Waals surface area contributed by atoms with Gasteiger partial charge in [0.2, 0.25) is 0 Å². The number of ether oxygens (including phenoxy) is 1. The van der Waals surface area contributed by atoms with E-state index in [9.17, 15) is 4.79 Å². The Morgan fingerprint density at radius 2 is 2.00 bits per heavy atom. The summed E-state index contributed by atoms with van der Waals surface area (Å²) in [5.74, 6) is 0.773. The van der Waals surface area contributed by atoms with Gasteiger partial charge in [-0.3, -0.25) is 0 Å². The van der Waals surface area contributed by atoms with Crippen molar-refractivity contribution in [1.82, 2.24) is 10.6 Å². The molecule has 2 N–H and O–H groups in total. The summed E-state index contributed by atoms with van der Waals surface area (Å²) in [6.45, 7) is 7.63. The summed E-state index contributed by atoms with van der Waals surface area (Å²) >= 11 is 0. The molecule has 0 spiro atoms. The lowest BCUT2D eigenvalue weighted by atomic mass is 9.95. The van der Waals surface area contributed by atoms with Crippen LogP contribution in [0.15, 0.2) is 30.3 Å². The molecule has 2 rings (SSSR count). The smallest absolute Gasteiger partial charge is 0.315 e. The van der Waals surface area contributed by atoms with Crippen LogP contribution in [0.3, 0.4) is 0 Å². The normalized spacial score (nSPS) is 23.0. The Bertz CT molecular complexity index is 447. The van der Waals surface area contributed by atoms with Gasteiger partial charge in [0.25, 0.3) is 0 Å². The lowest BCUT2D eigenvalue weighted by Gasteiger charge is -2.21. The van der Waals surface area contributed by atoms with Crippen LogP contribution in [-0.4, -0.2) is 25.2 Å². The largest absolute Gasteiger partial charge is 0.373 e. The van der Waals surface area contributed by atoms with Gasteiger partial charge in [-0.05, 0) is 24.8 Å².